The van der Waals surface area contributed by atoms with E-state index in [1.165, 1.54) is 0 Å². The first-order chi connectivity index (χ1) is 9.79. The molecule has 20 heavy (non-hydrogen) atoms. The molecule has 1 fully saturated rings. The fourth-order valence-corrected chi connectivity index (χ4v) is 3.10. The van der Waals surface area contributed by atoms with Gasteiger partial charge < -0.3 is 9.26 Å². The van der Waals surface area contributed by atoms with Gasteiger partial charge in [-0.1, -0.05) is 10.4 Å². The summed E-state index contributed by atoms with van der Waals surface area (Å²) in [4.78, 5) is 2.36. The first kappa shape index (κ1) is 12.0. The molecule has 0 aromatic carbocycles. The Labute approximate surface area is 116 Å². The lowest BCUT2D eigenvalue weighted by atomic mass is 10.0. The maximum atomic E-state index is 5.91. The van der Waals surface area contributed by atoms with Crippen molar-refractivity contribution in [2.24, 2.45) is 0 Å². The number of hydrogen-bond acceptors (Lipinski definition) is 6. The highest BCUT2D eigenvalue weighted by Crippen LogP contribution is 2.30. The SMILES string of the molecule is Cc1cc(CN2CC[C@H]3OCc4cnnn4[C@H]3C2)on1. The summed E-state index contributed by atoms with van der Waals surface area (Å²) in [6, 6.07) is 2.24. The van der Waals surface area contributed by atoms with Gasteiger partial charge in [-0.3, -0.25) is 4.90 Å². The fourth-order valence-electron chi connectivity index (χ4n) is 3.10. The van der Waals surface area contributed by atoms with Crippen molar-refractivity contribution in [3.05, 3.63) is 29.4 Å². The van der Waals surface area contributed by atoms with Crippen LogP contribution in [0.1, 0.15) is 29.6 Å². The predicted molar refractivity (Wildman–Crippen MR) is 68.8 cm³/mol. The first-order valence-corrected chi connectivity index (χ1v) is 6.95. The molecule has 0 radical (unpaired) electrons. The van der Waals surface area contributed by atoms with Crippen LogP contribution in [0.25, 0.3) is 0 Å². The number of rotatable bonds is 2. The van der Waals surface area contributed by atoms with Crippen LogP contribution in [0.3, 0.4) is 0 Å². The summed E-state index contributed by atoms with van der Waals surface area (Å²) >= 11 is 0. The molecule has 0 N–H and O–H groups in total. The average molecular weight is 275 g/mol. The van der Waals surface area contributed by atoms with Crippen molar-refractivity contribution in [3.8, 4) is 0 Å². The van der Waals surface area contributed by atoms with Crippen LogP contribution in [0.2, 0.25) is 0 Å². The van der Waals surface area contributed by atoms with E-state index in [4.69, 9.17) is 9.26 Å². The number of piperidine rings is 1. The molecular formula is C13H17N5O2. The van der Waals surface area contributed by atoms with Crippen LogP contribution in [0.5, 0.6) is 0 Å². The molecule has 2 aromatic rings. The Balaban J connectivity index is 1.51. The summed E-state index contributed by atoms with van der Waals surface area (Å²) in [6.45, 7) is 5.26. The van der Waals surface area contributed by atoms with Crippen LogP contribution < -0.4 is 0 Å². The second-order valence-corrected chi connectivity index (χ2v) is 5.55. The number of hydrogen-bond donors (Lipinski definition) is 0. The van der Waals surface area contributed by atoms with Crippen molar-refractivity contribution < 1.29 is 9.26 Å². The number of ether oxygens (including phenoxy) is 1. The van der Waals surface area contributed by atoms with Crippen LogP contribution in [0.4, 0.5) is 0 Å². The van der Waals surface area contributed by atoms with Crippen molar-refractivity contribution >= 4 is 0 Å². The summed E-state index contributed by atoms with van der Waals surface area (Å²) in [7, 11) is 0. The minimum absolute atomic E-state index is 0.247. The van der Waals surface area contributed by atoms with Crippen LogP contribution in [0.15, 0.2) is 16.8 Å². The number of fused-ring (bicyclic) bond motifs is 3. The Morgan fingerprint density at radius 1 is 1.45 bits per heavy atom. The molecule has 106 valence electrons. The first-order valence-electron chi connectivity index (χ1n) is 6.95. The highest BCUT2D eigenvalue weighted by molar-refractivity contribution is 5.05. The standard InChI is InChI=1S/C13H17N5O2/c1-9-4-11(20-15-9)6-17-3-2-13-12(7-17)18-10(8-19-13)5-14-16-18/h4-5,12-13H,2-3,6-8H2,1H3/t12-,13+/m0/s1. The molecule has 0 amide bonds. The molecule has 0 aliphatic carbocycles. The van der Waals surface area contributed by atoms with Gasteiger partial charge in [0.25, 0.3) is 0 Å². The highest BCUT2D eigenvalue weighted by atomic mass is 16.5. The summed E-state index contributed by atoms with van der Waals surface area (Å²) in [5.74, 6) is 0.913. The van der Waals surface area contributed by atoms with E-state index in [0.29, 0.717) is 6.61 Å². The van der Waals surface area contributed by atoms with Gasteiger partial charge in [0.15, 0.2) is 5.76 Å². The molecule has 0 saturated carbocycles. The van der Waals surface area contributed by atoms with Crippen molar-refractivity contribution in [2.75, 3.05) is 13.1 Å². The second-order valence-electron chi connectivity index (χ2n) is 5.55. The van der Waals surface area contributed by atoms with Crippen molar-refractivity contribution in [1.82, 2.24) is 25.1 Å². The van der Waals surface area contributed by atoms with Gasteiger partial charge in [0.2, 0.25) is 0 Å². The molecule has 2 aliphatic heterocycles. The number of aromatic nitrogens is 4. The Bertz CT molecular complexity index is 607. The molecule has 4 rings (SSSR count). The predicted octanol–water partition coefficient (Wildman–Crippen LogP) is 0.920. The van der Waals surface area contributed by atoms with E-state index >= 15 is 0 Å². The van der Waals surface area contributed by atoms with E-state index in [1.807, 2.05) is 17.7 Å². The van der Waals surface area contributed by atoms with E-state index in [9.17, 15) is 0 Å². The quantitative estimate of drug-likeness (QED) is 0.811. The molecule has 7 nitrogen and oxygen atoms in total. The normalized spacial score (nSPS) is 26.2. The third-order valence-electron chi connectivity index (χ3n) is 4.07. The Kier molecular flexibility index (Phi) is 2.82. The van der Waals surface area contributed by atoms with E-state index < -0.39 is 0 Å². The molecule has 0 spiro atoms. The zero-order valence-electron chi connectivity index (χ0n) is 11.4. The molecule has 2 atom stereocenters. The molecular weight excluding hydrogens is 258 g/mol. The summed E-state index contributed by atoms with van der Waals surface area (Å²) < 4.78 is 13.2. The zero-order valence-corrected chi connectivity index (χ0v) is 11.4. The van der Waals surface area contributed by atoms with Gasteiger partial charge in [-0.05, 0) is 13.3 Å². The molecule has 0 bridgehead atoms. The van der Waals surface area contributed by atoms with Crippen LogP contribution in [0, 0.1) is 6.92 Å². The van der Waals surface area contributed by atoms with Gasteiger partial charge in [-0.15, -0.1) is 5.10 Å². The van der Waals surface area contributed by atoms with Gasteiger partial charge in [0.1, 0.15) is 0 Å². The van der Waals surface area contributed by atoms with Crippen molar-refractivity contribution in [2.45, 2.75) is 38.6 Å². The molecule has 2 aromatic heterocycles. The lowest BCUT2D eigenvalue weighted by molar-refractivity contribution is -0.0679. The minimum atomic E-state index is 0.247. The monoisotopic (exact) mass is 275 g/mol. The van der Waals surface area contributed by atoms with Crippen molar-refractivity contribution in [1.29, 1.82) is 0 Å². The largest absolute Gasteiger partial charge is 0.370 e. The average Bonchev–Trinajstić information content (AvgIpc) is 3.07. The number of likely N-dealkylation sites (tertiary alicyclic amines) is 1. The van der Waals surface area contributed by atoms with Gasteiger partial charge in [0, 0.05) is 19.2 Å². The van der Waals surface area contributed by atoms with E-state index in [2.05, 4.69) is 20.4 Å². The van der Waals surface area contributed by atoms with Crippen LogP contribution in [-0.2, 0) is 17.9 Å². The summed E-state index contributed by atoms with van der Waals surface area (Å²) in [6.07, 6.45) is 3.04. The molecule has 1 saturated heterocycles. The molecule has 2 aliphatic rings. The third kappa shape index (κ3) is 2.03. The Hall–Kier alpha value is -1.73. The van der Waals surface area contributed by atoms with Gasteiger partial charge in [-0.25, -0.2) is 4.68 Å². The highest BCUT2D eigenvalue weighted by Gasteiger charge is 2.36. The topological polar surface area (TPSA) is 69.2 Å². The van der Waals surface area contributed by atoms with Gasteiger partial charge in [-0.2, -0.15) is 0 Å². The maximum Gasteiger partial charge on any atom is 0.150 e. The van der Waals surface area contributed by atoms with E-state index in [-0.39, 0.29) is 12.1 Å². The Morgan fingerprint density at radius 2 is 2.40 bits per heavy atom. The second kappa shape index (κ2) is 4.68. The fraction of sp³-hybridized carbons (Fsp3) is 0.615. The molecule has 7 heteroatoms. The number of nitrogens with zero attached hydrogens (tertiary/aromatic N) is 5. The molecule has 0 unspecified atom stereocenters. The molecule has 4 heterocycles. The lowest BCUT2D eigenvalue weighted by Crippen LogP contribution is -2.47. The van der Waals surface area contributed by atoms with Crippen LogP contribution in [-0.4, -0.2) is 44.2 Å². The van der Waals surface area contributed by atoms with E-state index in [1.54, 1.807) is 6.20 Å². The smallest absolute Gasteiger partial charge is 0.150 e. The van der Waals surface area contributed by atoms with E-state index in [0.717, 1.165) is 43.2 Å². The number of aryl methyl sites for hydroxylation is 1. The van der Waals surface area contributed by atoms with Gasteiger partial charge in [0.05, 0.1) is 42.9 Å². The van der Waals surface area contributed by atoms with Crippen LogP contribution >= 0.6 is 0 Å². The Morgan fingerprint density at radius 3 is 3.25 bits per heavy atom. The lowest BCUT2D eigenvalue weighted by Gasteiger charge is -2.40. The third-order valence-corrected chi connectivity index (χ3v) is 4.07. The zero-order chi connectivity index (χ0) is 13.5. The van der Waals surface area contributed by atoms with Gasteiger partial charge >= 0.3 is 0 Å². The summed E-state index contributed by atoms with van der Waals surface area (Å²) in [5, 5.41) is 12.1. The maximum absolute atomic E-state index is 5.91. The minimum Gasteiger partial charge on any atom is -0.370 e. The summed E-state index contributed by atoms with van der Waals surface area (Å²) in [5.41, 5.74) is 1.98. The van der Waals surface area contributed by atoms with Crippen molar-refractivity contribution in [3.63, 3.8) is 0 Å².